The summed E-state index contributed by atoms with van der Waals surface area (Å²) < 4.78 is 28.5. The third-order valence-electron chi connectivity index (χ3n) is 0.559. The van der Waals surface area contributed by atoms with Gasteiger partial charge in [-0.3, -0.25) is 4.55 Å². The van der Waals surface area contributed by atoms with Crippen LogP contribution in [0.4, 0.5) is 0 Å². The molecule has 0 bridgehead atoms. The van der Waals surface area contributed by atoms with Gasteiger partial charge < -0.3 is 0 Å². The molecule has 1 atom stereocenters. The van der Waals surface area contributed by atoms with E-state index in [4.69, 9.17) is 4.55 Å². The largest absolute Gasteiger partial charge is 0.286 e. The monoisotopic (exact) mass is 303 g/mol. The van der Waals surface area contributed by atoms with Crippen LogP contribution < -0.4 is 0 Å². The molecule has 0 spiro atoms. The van der Waals surface area contributed by atoms with Crippen molar-refractivity contribution in [2.24, 2.45) is 0 Å². The third-order valence-corrected chi connectivity index (χ3v) is 4.11. The van der Waals surface area contributed by atoms with Crippen molar-refractivity contribution in [3.8, 4) is 0 Å². The van der Waals surface area contributed by atoms with Crippen LogP contribution in [0, 0.1) is 0 Å². The summed E-state index contributed by atoms with van der Waals surface area (Å²) in [5.41, 5.74) is 0. The quantitative estimate of drug-likeness (QED) is 0.473. The van der Waals surface area contributed by atoms with E-state index >= 15 is 0 Å². The number of hydrogen-bond donors (Lipinski definition) is 1. The van der Waals surface area contributed by atoms with Crippen molar-refractivity contribution in [3.63, 3.8) is 0 Å². The van der Waals surface area contributed by atoms with Crippen LogP contribution in [0.5, 0.6) is 0 Å². The second kappa shape index (κ2) is 6.39. The first-order chi connectivity index (χ1) is 3.95. The number of rotatable bonds is 3. The van der Waals surface area contributed by atoms with Crippen LogP contribution in [0.3, 0.4) is 0 Å². The van der Waals surface area contributed by atoms with Crippen molar-refractivity contribution in [2.45, 2.75) is 4.83 Å². The van der Waals surface area contributed by atoms with Gasteiger partial charge in [-0.05, 0) is 0 Å². The molecule has 57 valence electrons. The molecule has 0 aliphatic rings. The summed E-state index contributed by atoms with van der Waals surface area (Å²) in [5, 5.41) is 0.507. The first-order valence-electron chi connectivity index (χ1n) is 2.11. The normalized spacial score (nSPS) is 13.9. The maximum absolute atomic E-state index is 10.1. The Kier molecular flexibility index (Phi) is 9.20. The molecule has 7 heteroatoms. The van der Waals surface area contributed by atoms with Crippen molar-refractivity contribution in [3.05, 3.63) is 0 Å². The maximum Gasteiger partial charge on any atom is 0.265 e. The zero-order chi connectivity index (χ0) is 7.49. The molecule has 0 aromatic rings. The van der Waals surface area contributed by atoms with E-state index in [1.165, 1.54) is 0 Å². The summed E-state index contributed by atoms with van der Waals surface area (Å²) in [6.07, 6.45) is 0. The fourth-order valence-corrected chi connectivity index (χ4v) is 2.38. The summed E-state index contributed by atoms with van der Waals surface area (Å²) >= 11 is 6.07. The number of halogens is 2. The minimum atomic E-state index is -3.81. The van der Waals surface area contributed by atoms with E-state index in [2.05, 4.69) is 31.9 Å². The molecular weight excluding hydrogens is 299 g/mol. The van der Waals surface area contributed by atoms with Crippen LogP contribution in [0.15, 0.2) is 0 Å². The molecule has 0 saturated carbocycles. The first kappa shape index (κ1) is 14.4. The Morgan fingerprint density at radius 3 is 2.00 bits per heavy atom. The first-order valence-corrected chi connectivity index (χ1v) is 5.75. The van der Waals surface area contributed by atoms with Crippen molar-refractivity contribution < 1.29 is 13.0 Å². The molecule has 1 unspecified atom stereocenters. The molecule has 0 heterocycles. The molecule has 0 fully saturated rings. The molecule has 0 aromatic heterocycles. The van der Waals surface area contributed by atoms with Crippen molar-refractivity contribution in [1.82, 2.24) is 0 Å². The Bertz CT molecular complexity index is 169. The van der Waals surface area contributed by atoms with Gasteiger partial charge in [-0.25, -0.2) is 0 Å². The Morgan fingerprint density at radius 1 is 1.50 bits per heavy atom. The molecule has 0 aliphatic heterocycles. The second-order valence-electron chi connectivity index (χ2n) is 1.50. The molecule has 1 N–H and O–H groups in total. The van der Waals surface area contributed by atoms with Crippen LogP contribution in [-0.4, -0.2) is 58.4 Å². The van der Waals surface area contributed by atoms with E-state index < -0.39 is 10.1 Å². The van der Waals surface area contributed by atoms with Gasteiger partial charge in [0.05, 0.1) is 5.75 Å². The van der Waals surface area contributed by atoms with Gasteiger partial charge in [-0.2, -0.15) is 8.42 Å². The van der Waals surface area contributed by atoms with Gasteiger partial charge in [0.15, 0.2) is 0 Å². The van der Waals surface area contributed by atoms with E-state index in [9.17, 15) is 8.42 Å². The molecule has 0 saturated heterocycles. The zero-order valence-electron chi connectivity index (χ0n) is 5.42. The van der Waals surface area contributed by atoms with Gasteiger partial charge >= 0.3 is 0 Å². The van der Waals surface area contributed by atoms with Crippen LogP contribution >= 0.6 is 31.9 Å². The average Bonchev–Trinajstić information content (AvgIpc) is 1.62. The molecule has 0 amide bonds. The summed E-state index contributed by atoms with van der Waals surface area (Å²) in [7, 11) is -3.81. The van der Waals surface area contributed by atoms with Crippen molar-refractivity contribution in [1.29, 1.82) is 0 Å². The molecule has 0 rings (SSSR count). The van der Waals surface area contributed by atoms with E-state index in [0.29, 0.717) is 5.33 Å². The van der Waals surface area contributed by atoms with Crippen molar-refractivity contribution in [2.75, 3.05) is 11.1 Å². The molecular formula is C3H6Br2NaO3S. The SMILES string of the molecule is O=S(=O)(O)CC(Br)CBr.[Na]. The average molecular weight is 305 g/mol. The molecule has 3 nitrogen and oxygen atoms in total. The summed E-state index contributed by atoms with van der Waals surface area (Å²) in [6.45, 7) is 0. The number of hydrogen-bond acceptors (Lipinski definition) is 2. The number of alkyl halides is 2. The van der Waals surface area contributed by atoms with Crippen LogP contribution in [0.1, 0.15) is 0 Å². The van der Waals surface area contributed by atoms with E-state index in [0.717, 1.165) is 0 Å². The van der Waals surface area contributed by atoms with Crippen molar-refractivity contribution >= 4 is 71.5 Å². The van der Waals surface area contributed by atoms with Gasteiger partial charge in [0.2, 0.25) is 0 Å². The zero-order valence-corrected chi connectivity index (χ0v) is 11.4. The Morgan fingerprint density at radius 2 is 1.90 bits per heavy atom. The minimum absolute atomic E-state index is 0. The topological polar surface area (TPSA) is 54.4 Å². The Labute approximate surface area is 99.2 Å². The minimum Gasteiger partial charge on any atom is -0.286 e. The molecule has 0 aromatic carbocycles. The van der Waals surface area contributed by atoms with Gasteiger partial charge in [0, 0.05) is 39.7 Å². The Balaban J connectivity index is 0. The summed E-state index contributed by atoms with van der Waals surface area (Å²) in [5.74, 6) is -0.252. The fraction of sp³-hybridized carbons (Fsp3) is 1.00. The third kappa shape index (κ3) is 9.87. The standard InChI is InChI=1S/C3H6Br2O3S.Na/c4-1-3(5)2-9(6,7)8;/h3H,1-2H2,(H,6,7,8);. The van der Waals surface area contributed by atoms with Crippen LogP contribution in [-0.2, 0) is 10.1 Å². The van der Waals surface area contributed by atoms with Crippen LogP contribution in [0.25, 0.3) is 0 Å². The maximum atomic E-state index is 10.1. The Hall–Kier alpha value is 1.87. The molecule has 0 aliphatic carbocycles. The summed E-state index contributed by atoms with van der Waals surface area (Å²) in [6, 6.07) is 0. The second-order valence-corrected chi connectivity index (χ2v) is 4.94. The molecule has 10 heavy (non-hydrogen) atoms. The van der Waals surface area contributed by atoms with Gasteiger partial charge in [-0.1, -0.05) is 31.9 Å². The van der Waals surface area contributed by atoms with Gasteiger partial charge in [-0.15, -0.1) is 0 Å². The molecule has 1 radical (unpaired) electrons. The van der Waals surface area contributed by atoms with E-state index in [1.54, 1.807) is 0 Å². The van der Waals surface area contributed by atoms with Gasteiger partial charge in [0.1, 0.15) is 0 Å². The fourth-order valence-electron chi connectivity index (χ4n) is 0.273. The van der Waals surface area contributed by atoms with Gasteiger partial charge in [0.25, 0.3) is 10.1 Å². The summed E-state index contributed by atoms with van der Waals surface area (Å²) in [4.78, 5) is -0.215. The smallest absolute Gasteiger partial charge is 0.265 e. The van der Waals surface area contributed by atoms with E-state index in [1.807, 2.05) is 0 Å². The predicted octanol–water partition coefficient (Wildman–Crippen LogP) is 0.652. The van der Waals surface area contributed by atoms with E-state index in [-0.39, 0.29) is 40.1 Å². The predicted molar refractivity (Wildman–Crippen MR) is 48.7 cm³/mol. The van der Waals surface area contributed by atoms with Crippen LogP contribution in [0.2, 0.25) is 0 Å².